The summed E-state index contributed by atoms with van der Waals surface area (Å²) >= 11 is 0. The molecule has 0 saturated carbocycles. The third-order valence-electron chi connectivity index (χ3n) is 5.14. The number of carboxylic acids is 1. The molecule has 0 aliphatic heterocycles. The van der Waals surface area contributed by atoms with E-state index in [1.165, 1.54) is 44.9 Å². The summed E-state index contributed by atoms with van der Waals surface area (Å²) in [7, 11) is 0. The molecular formula is C23H44N2O4. The molecule has 0 bridgehead atoms. The number of unbranched alkanes of at least 4 members (excludes halogenated alkanes) is 10. The molecule has 0 aromatic rings. The highest BCUT2D eigenvalue weighted by Crippen LogP contribution is 2.08. The Kier molecular flexibility index (Phi) is 18.6. The molecule has 2 amide bonds. The molecule has 0 saturated heterocycles. The normalized spacial score (nSPS) is 11.8. The van der Waals surface area contributed by atoms with Crippen molar-refractivity contribution in [1.29, 1.82) is 0 Å². The average Bonchev–Trinajstić information content (AvgIpc) is 2.69. The van der Waals surface area contributed by atoms with Crippen LogP contribution in [-0.2, 0) is 14.4 Å². The molecule has 0 spiro atoms. The van der Waals surface area contributed by atoms with E-state index in [1.54, 1.807) is 0 Å². The second-order valence-corrected chi connectivity index (χ2v) is 7.99. The zero-order valence-corrected chi connectivity index (χ0v) is 18.8. The number of rotatable bonds is 20. The maximum atomic E-state index is 12.0. The van der Waals surface area contributed by atoms with Crippen molar-refractivity contribution < 1.29 is 19.5 Å². The van der Waals surface area contributed by atoms with Gasteiger partial charge in [-0.15, -0.1) is 0 Å². The first kappa shape index (κ1) is 27.4. The van der Waals surface area contributed by atoms with Crippen LogP contribution in [0.4, 0.5) is 0 Å². The predicted molar refractivity (Wildman–Crippen MR) is 118 cm³/mol. The minimum absolute atomic E-state index is 0.0273. The van der Waals surface area contributed by atoms with E-state index in [0.717, 1.165) is 32.1 Å². The number of carbonyl (C=O) groups is 3. The Hall–Kier alpha value is -1.59. The Balaban J connectivity index is 3.81. The van der Waals surface area contributed by atoms with Gasteiger partial charge in [0.1, 0.15) is 6.04 Å². The van der Waals surface area contributed by atoms with Crippen LogP contribution in [0.1, 0.15) is 117 Å². The van der Waals surface area contributed by atoms with Crippen LogP contribution < -0.4 is 10.6 Å². The van der Waals surface area contributed by atoms with Gasteiger partial charge in [0.2, 0.25) is 11.8 Å². The van der Waals surface area contributed by atoms with Crippen molar-refractivity contribution in [2.24, 2.45) is 0 Å². The van der Waals surface area contributed by atoms with Gasteiger partial charge in [0.25, 0.3) is 0 Å². The summed E-state index contributed by atoms with van der Waals surface area (Å²) in [6.45, 7) is 4.80. The Morgan fingerprint density at radius 3 is 1.69 bits per heavy atom. The fourth-order valence-corrected chi connectivity index (χ4v) is 3.28. The Morgan fingerprint density at radius 1 is 0.690 bits per heavy atom. The van der Waals surface area contributed by atoms with Crippen LogP contribution in [0.3, 0.4) is 0 Å². The van der Waals surface area contributed by atoms with Gasteiger partial charge in [-0.3, -0.25) is 9.59 Å². The predicted octanol–water partition coefficient (Wildman–Crippen LogP) is 4.95. The van der Waals surface area contributed by atoms with E-state index < -0.39 is 12.0 Å². The fraction of sp³-hybridized carbons (Fsp3) is 0.870. The highest BCUT2D eigenvalue weighted by molar-refractivity contribution is 5.83. The zero-order valence-electron chi connectivity index (χ0n) is 18.8. The highest BCUT2D eigenvalue weighted by atomic mass is 16.4. The minimum atomic E-state index is -1.01. The maximum Gasteiger partial charge on any atom is 0.326 e. The number of nitrogens with one attached hydrogen (secondary N) is 2. The molecule has 0 unspecified atom stereocenters. The molecule has 0 radical (unpaired) electrons. The summed E-state index contributed by atoms with van der Waals surface area (Å²) in [5.74, 6) is -1.18. The van der Waals surface area contributed by atoms with Gasteiger partial charge < -0.3 is 15.7 Å². The van der Waals surface area contributed by atoms with E-state index >= 15 is 0 Å². The Morgan fingerprint density at radius 2 is 1.17 bits per heavy atom. The summed E-state index contributed by atoms with van der Waals surface area (Å²) in [4.78, 5) is 35.1. The molecular weight excluding hydrogens is 368 g/mol. The van der Waals surface area contributed by atoms with Gasteiger partial charge >= 0.3 is 5.97 Å². The van der Waals surface area contributed by atoms with Crippen LogP contribution in [0.2, 0.25) is 0 Å². The standard InChI is InChI=1S/C23H44N2O4/c1-3-5-7-9-11-13-17-21(26)24-19-15-16-20(23(28)29)25-22(27)18-14-12-10-8-6-4-2/h20H,3-19H2,1-2H3,(H,24,26)(H,25,27)(H,28,29)/t20-/m0/s1. The number of carbonyl (C=O) groups excluding carboxylic acids is 2. The van der Waals surface area contributed by atoms with Crippen LogP contribution in [-0.4, -0.2) is 35.5 Å². The molecule has 0 heterocycles. The van der Waals surface area contributed by atoms with E-state index in [1.807, 2.05) is 0 Å². The monoisotopic (exact) mass is 412 g/mol. The van der Waals surface area contributed by atoms with Gasteiger partial charge in [-0.2, -0.15) is 0 Å². The number of hydrogen-bond acceptors (Lipinski definition) is 3. The lowest BCUT2D eigenvalue weighted by Crippen LogP contribution is -2.41. The molecule has 0 rings (SSSR count). The molecule has 0 aromatic carbocycles. The van der Waals surface area contributed by atoms with Crippen molar-refractivity contribution in [3.63, 3.8) is 0 Å². The molecule has 6 heteroatoms. The Labute approximate surface area is 177 Å². The zero-order chi connectivity index (χ0) is 21.7. The lowest BCUT2D eigenvalue weighted by molar-refractivity contribution is -0.142. The molecule has 0 fully saturated rings. The van der Waals surface area contributed by atoms with Crippen molar-refractivity contribution >= 4 is 17.8 Å². The van der Waals surface area contributed by atoms with Crippen LogP contribution in [0.25, 0.3) is 0 Å². The van der Waals surface area contributed by atoms with Crippen LogP contribution in [0.15, 0.2) is 0 Å². The van der Waals surface area contributed by atoms with Gasteiger partial charge in [0, 0.05) is 19.4 Å². The number of hydrogen-bond donors (Lipinski definition) is 3. The lowest BCUT2D eigenvalue weighted by Gasteiger charge is -2.15. The second-order valence-electron chi connectivity index (χ2n) is 7.99. The van der Waals surface area contributed by atoms with Crippen molar-refractivity contribution in [1.82, 2.24) is 10.6 Å². The molecule has 170 valence electrons. The summed E-state index contributed by atoms with van der Waals surface area (Å²) in [5.41, 5.74) is 0. The first-order chi connectivity index (χ1) is 14.0. The van der Waals surface area contributed by atoms with Crippen LogP contribution >= 0.6 is 0 Å². The van der Waals surface area contributed by atoms with E-state index in [0.29, 0.717) is 32.2 Å². The summed E-state index contributed by atoms with van der Waals surface area (Å²) in [6.07, 6.45) is 15.2. The highest BCUT2D eigenvalue weighted by Gasteiger charge is 2.19. The number of amides is 2. The third-order valence-corrected chi connectivity index (χ3v) is 5.14. The van der Waals surface area contributed by atoms with Crippen LogP contribution in [0.5, 0.6) is 0 Å². The van der Waals surface area contributed by atoms with E-state index in [2.05, 4.69) is 24.5 Å². The second kappa shape index (κ2) is 19.7. The van der Waals surface area contributed by atoms with Crippen molar-refractivity contribution in [2.75, 3.05) is 6.54 Å². The van der Waals surface area contributed by atoms with Gasteiger partial charge in [0.15, 0.2) is 0 Å². The first-order valence-corrected chi connectivity index (χ1v) is 11.8. The summed E-state index contributed by atoms with van der Waals surface area (Å²) in [6, 6.07) is -0.877. The Bertz CT molecular complexity index is 441. The molecule has 6 nitrogen and oxygen atoms in total. The van der Waals surface area contributed by atoms with E-state index in [-0.39, 0.29) is 11.8 Å². The largest absolute Gasteiger partial charge is 0.480 e. The van der Waals surface area contributed by atoms with Gasteiger partial charge in [-0.1, -0.05) is 78.1 Å². The number of carboxylic acid groups (broad SMARTS) is 1. The first-order valence-electron chi connectivity index (χ1n) is 11.8. The molecule has 3 N–H and O–H groups in total. The lowest BCUT2D eigenvalue weighted by atomic mass is 10.1. The van der Waals surface area contributed by atoms with Crippen molar-refractivity contribution in [3.8, 4) is 0 Å². The van der Waals surface area contributed by atoms with E-state index in [4.69, 9.17) is 0 Å². The van der Waals surface area contributed by atoms with Gasteiger partial charge in [0.05, 0.1) is 0 Å². The van der Waals surface area contributed by atoms with Gasteiger partial charge in [-0.25, -0.2) is 4.79 Å². The maximum absolute atomic E-state index is 12.0. The third kappa shape index (κ3) is 18.2. The van der Waals surface area contributed by atoms with E-state index in [9.17, 15) is 19.5 Å². The number of aliphatic carboxylic acids is 1. The quantitative estimate of drug-likeness (QED) is 0.246. The summed E-state index contributed by atoms with van der Waals surface area (Å²) < 4.78 is 0. The molecule has 0 aliphatic rings. The molecule has 0 aliphatic carbocycles. The SMILES string of the molecule is CCCCCCCCC(=O)NCCC[C@H](NC(=O)CCCCCCCC)C(=O)O. The smallest absolute Gasteiger partial charge is 0.326 e. The van der Waals surface area contributed by atoms with Crippen molar-refractivity contribution in [2.45, 2.75) is 123 Å². The molecule has 29 heavy (non-hydrogen) atoms. The fourth-order valence-electron chi connectivity index (χ4n) is 3.28. The molecule has 1 atom stereocenters. The molecule has 0 aromatic heterocycles. The minimum Gasteiger partial charge on any atom is -0.480 e. The topological polar surface area (TPSA) is 95.5 Å². The van der Waals surface area contributed by atoms with Crippen molar-refractivity contribution in [3.05, 3.63) is 0 Å². The average molecular weight is 413 g/mol. The van der Waals surface area contributed by atoms with Gasteiger partial charge in [-0.05, 0) is 25.7 Å². The van der Waals surface area contributed by atoms with Crippen LogP contribution in [0, 0.1) is 0 Å². The summed E-state index contributed by atoms with van der Waals surface area (Å²) in [5, 5.41) is 14.8.